The molecule has 0 aliphatic heterocycles. The molecular weight excluding hydrogens is 208 g/mol. The predicted molar refractivity (Wildman–Crippen MR) is 60.2 cm³/mol. The molecule has 1 heterocycles. The lowest BCUT2D eigenvalue weighted by Crippen LogP contribution is -2.06. The summed E-state index contributed by atoms with van der Waals surface area (Å²) in [5, 5.41) is 9.94. The first-order chi connectivity index (χ1) is 7.61. The largest absolute Gasteiger partial charge is 0.508 e. The molecule has 0 saturated carbocycles. The fourth-order valence-corrected chi connectivity index (χ4v) is 1.40. The van der Waals surface area contributed by atoms with E-state index in [0.29, 0.717) is 11.0 Å². The molecule has 2 rings (SSSR count). The Kier molecular flexibility index (Phi) is 2.40. The number of phenolic OH excluding ortho intramolecular Hbond substituents is 1. The van der Waals surface area contributed by atoms with Gasteiger partial charge < -0.3 is 14.3 Å². The molecular formula is C12H10O4. The molecule has 0 saturated heterocycles. The molecule has 0 atom stereocenters. The first kappa shape index (κ1) is 10.3. The van der Waals surface area contributed by atoms with E-state index in [1.54, 1.807) is 12.1 Å². The van der Waals surface area contributed by atoms with E-state index in [0.717, 1.165) is 0 Å². The van der Waals surface area contributed by atoms with Crippen LogP contribution in [0.1, 0.15) is 5.56 Å². The maximum absolute atomic E-state index is 11.6. The van der Waals surface area contributed by atoms with Crippen LogP contribution >= 0.6 is 0 Å². The Bertz CT molecular complexity index is 610. The van der Waals surface area contributed by atoms with Gasteiger partial charge in [0.25, 0.3) is 0 Å². The quantitative estimate of drug-likeness (QED) is 0.619. The molecule has 16 heavy (non-hydrogen) atoms. The van der Waals surface area contributed by atoms with Crippen LogP contribution in [0.4, 0.5) is 0 Å². The van der Waals surface area contributed by atoms with Crippen molar-refractivity contribution in [3.05, 3.63) is 46.8 Å². The van der Waals surface area contributed by atoms with Gasteiger partial charge in [-0.2, -0.15) is 0 Å². The van der Waals surface area contributed by atoms with Crippen LogP contribution in [-0.4, -0.2) is 12.2 Å². The van der Waals surface area contributed by atoms with Gasteiger partial charge in [0.15, 0.2) is 0 Å². The molecule has 82 valence electrons. The molecule has 0 aliphatic rings. The van der Waals surface area contributed by atoms with Crippen molar-refractivity contribution in [2.24, 2.45) is 0 Å². The first-order valence-electron chi connectivity index (χ1n) is 4.62. The summed E-state index contributed by atoms with van der Waals surface area (Å²) in [5.74, 6) is 0.303. The van der Waals surface area contributed by atoms with E-state index in [-0.39, 0.29) is 17.1 Å². The summed E-state index contributed by atoms with van der Waals surface area (Å²) in [6, 6.07) is 6.17. The molecule has 4 nitrogen and oxygen atoms in total. The minimum absolute atomic E-state index is 0.0500. The second-order valence-corrected chi connectivity index (χ2v) is 3.30. The standard InChI is InChI=1S/C12H10O4/c1-7(15-2)10-5-8-3-4-9(13)6-11(8)16-12(10)14/h3-6,13H,1H2,2H3. The van der Waals surface area contributed by atoms with Crippen LogP contribution in [0.3, 0.4) is 0 Å². The number of aromatic hydroxyl groups is 1. The van der Waals surface area contributed by atoms with E-state index in [9.17, 15) is 9.90 Å². The highest BCUT2D eigenvalue weighted by atomic mass is 16.5. The van der Waals surface area contributed by atoms with Crippen LogP contribution in [0, 0.1) is 0 Å². The lowest BCUT2D eigenvalue weighted by atomic mass is 10.1. The van der Waals surface area contributed by atoms with Crippen molar-refractivity contribution >= 4 is 16.7 Å². The van der Waals surface area contributed by atoms with Crippen molar-refractivity contribution in [2.75, 3.05) is 7.11 Å². The van der Waals surface area contributed by atoms with Gasteiger partial charge in [-0.25, -0.2) is 4.79 Å². The van der Waals surface area contributed by atoms with Gasteiger partial charge in [0.2, 0.25) is 0 Å². The molecule has 1 aromatic carbocycles. The number of methoxy groups -OCH3 is 1. The molecule has 0 spiro atoms. The number of ether oxygens (including phenoxy) is 1. The Morgan fingerprint density at radius 2 is 2.19 bits per heavy atom. The zero-order chi connectivity index (χ0) is 11.7. The van der Waals surface area contributed by atoms with Crippen molar-refractivity contribution in [1.29, 1.82) is 0 Å². The van der Waals surface area contributed by atoms with Gasteiger partial charge in [-0.3, -0.25) is 0 Å². The summed E-state index contributed by atoms with van der Waals surface area (Å²) in [6.45, 7) is 3.60. The summed E-state index contributed by atoms with van der Waals surface area (Å²) >= 11 is 0. The first-order valence-corrected chi connectivity index (χ1v) is 4.62. The van der Waals surface area contributed by atoms with Crippen LogP contribution in [0.5, 0.6) is 5.75 Å². The number of hydrogen-bond donors (Lipinski definition) is 1. The minimum atomic E-state index is -0.537. The summed E-state index contributed by atoms with van der Waals surface area (Å²) in [7, 11) is 1.43. The second kappa shape index (κ2) is 3.73. The highest BCUT2D eigenvalue weighted by Crippen LogP contribution is 2.21. The Labute approximate surface area is 91.4 Å². The zero-order valence-corrected chi connectivity index (χ0v) is 8.69. The van der Waals surface area contributed by atoms with Crippen molar-refractivity contribution < 1.29 is 14.3 Å². The Morgan fingerprint density at radius 3 is 2.88 bits per heavy atom. The highest BCUT2D eigenvalue weighted by Gasteiger charge is 2.09. The normalized spacial score (nSPS) is 10.3. The molecule has 0 amide bonds. The third-order valence-electron chi connectivity index (χ3n) is 2.27. The van der Waals surface area contributed by atoms with Crippen molar-refractivity contribution in [3.63, 3.8) is 0 Å². The third kappa shape index (κ3) is 1.65. The molecule has 0 unspecified atom stereocenters. The van der Waals surface area contributed by atoms with Crippen LogP contribution < -0.4 is 5.63 Å². The molecule has 0 radical (unpaired) electrons. The van der Waals surface area contributed by atoms with Gasteiger partial charge >= 0.3 is 5.63 Å². The van der Waals surface area contributed by atoms with Gasteiger partial charge in [0.1, 0.15) is 22.7 Å². The number of rotatable bonds is 2. The van der Waals surface area contributed by atoms with E-state index >= 15 is 0 Å². The van der Waals surface area contributed by atoms with Crippen LogP contribution in [0.15, 0.2) is 40.1 Å². The SMILES string of the molecule is C=C(OC)c1cc2ccc(O)cc2oc1=O. The third-order valence-corrected chi connectivity index (χ3v) is 2.27. The lowest BCUT2D eigenvalue weighted by molar-refractivity contribution is 0.368. The molecule has 0 bridgehead atoms. The Hall–Kier alpha value is -2.23. The van der Waals surface area contributed by atoms with Gasteiger partial charge in [-0.1, -0.05) is 6.58 Å². The smallest absolute Gasteiger partial charge is 0.347 e. The minimum Gasteiger partial charge on any atom is -0.508 e. The van der Waals surface area contributed by atoms with Crippen LogP contribution in [-0.2, 0) is 4.74 Å². The molecule has 0 fully saturated rings. The summed E-state index contributed by atoms with van der Waals surface area (Å²) < 4.78 is 9.93. The Morgan fingerprint density at radius 1 is 1.44 bits per heavy atom. The number of hydrogen-bond acceptors (Lipinski definition) is 4. The zero-order valence-electron chi connectivity index (χ0n) is 8.69. The fraction of sp³-hybridized carbons (Fsp3) is 0.0833. The maximum Gasteiger partial charge on any atom is 0.347 e. The van der Waals surface area contributed by atoms with E-state index < -0.39 is 5.63 Å². The van der Waals surface area contributed by atoms with Gasteiger partial charge in [0, 0.05) is 11.5 Å². The fourth-order valence-electron chi connectivity index (χ4n) is 1.40. The topological polar surface area (TPSA) is 59.7 Å². The van der Waals surface area contributed by atoms with E-state index in [2.05, 4.69) is 6.58 Å². The Balaban J connectivity index is 2.72. The molecule has 4 heteroatoms. The van der Waals surface area contributed by atoms with E-state index in [1.807, 2.05) is 0 Å². The van der Waals surface area contributed by atoms with Crippen molar-refractivity contribution in [1.82, 2.24) is 0 Å². The summed E-state index contributed by atoms with van der Waals surface area (Å²) in [4.78, 5) is 11.6. The lowest BCUT2D eigenvalue weighted by Gasteiger charge is -2.04. The van der Waals surface area contributed by atoms with E-state index in [4.69, 9.17) is 9.15 Å². The van der Waals surface area contributed by atoms with Crippen molar-refractivity contribution in [2.45, 2.75) is 0 Å². The monoisotopic (exact) mass is 218 g/mol. The van der Waals surface area contributed by atoms with Gasteiger partial charge in [-0.15, -0.1) is 0 Å². The number of benzene rings is 1. The van der Waals surface area contributed by atoms with Crippen molar-refractivity contribution in [3.8, 4) is 5.75 Å². The average Bonchev–Trinajstić information content (AvgIpc) is 2.27. The predicted octanol–water partition coefficient (Wildman–Crippen LogP) is 2.12. The molecule has 2 aromatic rings. The maximum atomic E-state index is 11.6. The summed E-state index contributed by atoms with van der Waals surface area (Å²) in [5.41, 5.74) is 0.0725. The average molecular weight is 218 g/mol. The number of phenols is 1. The van der Waals surface area contributed by atoms with Crippen LogP contribution in [0.25, 0.3) is 16.7 Å². The van der Waals surface area contributed by atoms with E-state index in [1.165, 1.54) is 19.2 Å². The summed E-state index contributed by atoms with van der Waals surface area (Å²) in [6.07, 6.45) is 0. The van der Waals surface area contributed by atoms with Crippen LogP contribution in [0.2, 0.25) is 0 Å². The highest BCUT2D eigenvalue weighted by molar-refractivity contribution is 5.80. The number of fused-ring (bicyclic) bond motifs is 1. The molecule has 1 aromatic heterocycles. The molecule has 1 N–H and O–H groups in total. The second-order valence-electron chi connectivity index (χ2n) is 3.30. The molecule has 0 aliphatic carbocycles. The van der Waals surface area contributed by atoms with Gasteiger partial charge in [-0.05, 0) is 18.2 Å². The van der Waals surface area contributed by atoms with Gasteiger partial charge in [0.05, 0.1) is 7.11 Å².